The normalized spacial score (nSPS) is 12.2. The smallest absolute Gasteiger partial charge is 0.247 e. The number of aromatic nitrogens is 4. The molecule has 2 heterocycles. The molecule has 0 unspecified atom stereocenters. The predicted molar refractivity (Wildman–Crippen MR) is 146 cm³/mol. The Kier molecular flexibility index (Phi) is 8.13. The van der Waals surface area contributed by atoms with Crippen LogP contribution in [0.25, 0.3) is 11.6 Å². The summed E-state index contributed by atoms with van der Waals surface area (Å²) in [6, 6.07) is 17.6. The molecule has 0 aliphatic heterocycles. The first-order valence-corrected chi connectivity index (χ1v) is 12.7. The van der Waals surface area contributed by atoms with Crippen LogP contribution in [0.15, 0.2) is 65.1 Å². The summed E-state index contributed by atoms with van der Waals surface area (Å²) < 4.78 is 11.1. The standard InChI is InChI=1S/C29H34N6O4/c1-19-11-14-21(15-12-19)26(28(37)30-29(3,4)5)34(17-22-9-7-8-10-23(22)38-6)25(36)18-35-32-27(31-33-35)24-16-13-20(2)39-24/h7-16,26H,17-18H2,1-6H3,(H,30,37)/t26-/m1/s1. The molecule has 2 aromatic heterocycles. The van der Waals surface area contributed by atoms with Crippen LogP contribution in [0.1, 0.15) is 49.3 Å². The van der Waals surface area contributed by atoms with E-state index in [2.05, 4.69) is 20.7 Å². The first-order valence-electron chi connectivity index (χ1n) is 12.7. The first-order chi connectivity index (χ1) is 18.5. The Bertz CT molecular complexity index is 1430. The van der Waals surface area contributed by atoms with E-state index in [0.29, 0.717) is 22.8 Å². The molecule has 1 atom stereocenters. The van der Waals surface area contributed by atoms with Crippen molar-refractivity contribution in [3.63, 3.8) is 0 Å². The van der Waals surface area contributed by atoms with Gasteiger partial charge >= 0.3 is 0 Å². The minimum Gasteiger partial charge on any atom is -0.496 e. The van der Waals surface area contributed by atoms with Crippen LogP contribution in [0, 0.1) is 13.8 Å². The van der Waals surface area contributed by atoms with Crippen LogP contribution in [-0.2, 0) is 22.7 Å². The van der Waals surface area contributed by atoms with Gasteiger partial charge in [-0.15, -0.1) is 10.2 Å². The van der Waals surface area contributed by atoms with Crippen molar-refractivity contribution in [2.45, 2.75) is 59.3 Å². The average molecular weight is 531 g/mol. The van der Waals surface area contributed by atoms with Gasteiger partial charge in [0.1, 0.15) is 24.1 Å². The fourth-order valence-corrected chi connectivity index (χ4v) is 4.18. The van der Waals surface area contributed by atoms with Gasteiger partial charge in [-0.2, -0.15) is 4.80 Å². The molecule has 4 rings (SSSR count). The zero-order valence-electron chi connectivity index (χ0n) is 23.1. The van der Waals surface area contributed by atoms with Crippen LogP contribution in [0.4, 0.5) is 0 Å². The number of para-hydroxylation sites is 1. The van der Waals surface area contributed by atoms with Gasteiger partial charge in [0.15, 0.2) is 5.76 Å². The van der Waals surface area contributed by atoms with Crippen LogP contribution < -0.4 is 10.1 Å². The number of methoxy groups -OCH3 is 1. The third-order valence-corrected chi connectivity index (χ3v) is 6.00. The largest absolute Gasteiger partial charge is 0.496 e. The van der Waals surface area contributed by atoms with Gasteiger partial charge in [-0.25, -0.2) is 0 Å². The van der Waals surface area contributed by atoms with E-state index < -0.39 is 11.6 Å². The summed E-state index contributed by atoms with van der Waals surface area (Å²) in [5.74, 6) is 1.39. The Balaban J connectivity index is 1.73. The van der Waals surface area contributed by atoms with Crippen molar-refractivity contribution < 1.29 is 18.7 Å². The number of hydrogen-bond acceptors (Lipinski definition) is 7. The van der Waals surface area contributed by atoms with Crippen molar-refractivity contribution in [2.75, 3.05) is 7.11 Å². The summed E-state index contributed by atoms with van der Waals surface area (Å²) >= 11 is 0. The second-order valence-corrected chi connectivity index (χ2v) is 10.4. The van der Waals surface area contributed by atoms with Crippen LogP contribution in [0.2, 0.25) is 0 Å². The number of hydrogen-bond donors (Lipinski definition) is 1. The summed E-state index contributed by atoms with van der Waals surface area (Å²) in [6.45, 7) is 9.40. The fraction of sp³-hybridized carbons (Fsp3) is 0.345. The molecular formula is C29H34N6O4. The molecule has 0 spiro atoms. The lowest BCUT2D eigenvalue weighted by Gasteiger charge is -2.34. The van der Waals surface area contributed by atoms with Crippen molar-refractivity contribution in [1.82, 2.24) is 30.4 Å². The van der Waals surface area contributed by atoms with E-state index in [9.17, 15) is 9.59 Å². The highest BCUT2D eigenvalue weighted by molar-refractivity contribution is 5.89. The molecule has 4 aromatic rings. The number of carbonyl (C=O) groups excluding carboxylic acids is 2. The van der Waals surface area contributed by atoms with Crippen molar-refractivity contribution in [2.24, 2.45) is 0 Å². The summed E-state index contributed by atoms with van der Waals surface area (Å²) in [4.78, 5) is 30.5. The average Bonchev–Trinajstić information content (AvgIpc) is 3.52. The molecular weight excluding hydrogens is 496 g/mol. The maximum Gasteiger partial charge on any atom is 0.247 e. The van der Waals surface area contributed by atoms with Crippen LogP contribution in [0.5, 0.6) is 5.75 Å². The Labute approximate surface area is 228 Å². The van der Waals surface area contributed by atoms with Gasteiger partial charge in [0.25, 0.3) is 0 Å². The lowest BCUT2D eigenvalue weighted by Crippen LogP contribution is -2.49. The molecule has 0 saturated carbocycles. The number of nitrogens with one attached hydrogen (secondary N) is 1. The zero-order valence-corrected chi connectivity index (χ0v) is 23.1. The van der Waals surface area contributed by atoms with E-state index in [1.54, 1.807) is 19.2 Å². The number of furan rings is 1. The quantitative estimate of drug-likeness (QED) is 0.344. The number of amides is 2. The topological polar surface area (TPSA) is 115 Å². The molecule has 10 nitrogen and oxygen atoms in total. The highest BCUT2D eigenvalue weighted by Gasteiger charge is 2.34. The molecule has 0 saturated heterocycles. The summed E-state index contributed by atoms with van der Waals surface area (Å²) in [6.07, 6.45) is 0. The summed E-state index contributed by atoms with van der Waals surface area (Å²) in [7, 11) is 1.58. The van der Waals surface area contributed by atoms with Gasteiger partial charge in [0.05, 0.1) is 13.7 Å². The lowest BCUT2D eigenvalue weighted by molar-refractivity contribution is -0.143. The number of aryl methyl sites for hydroxylation is 2. The first kappa shape index (κ1) is 27.6. The molecule has 10 heteroatoms. The van der Waals surface area contributed by atoms with Gasteiger partial charge in [-0.05, 0) is 63.6 Å². The maximum atomic E-state index is 14.0. The molecule has 0 radical (unpaired) electrons. The molecule has 0 aliphatic rings. The van der Waals surface area contributed by atoms with Crippen molar-refractivity contribution >= 4 is 11.8 Å². The Morgan fingerprint density at radius 3 is 2.41 bits per heavy atom. The molecule has 0 fully saturated rings. The second-order valence-electron chi connectivity index (χ2n) is 10.4. The number of tetrazole rings is 1. The number of ether oxygens (including phenoxy) is 1. The summed E-state index contributed by atoms with van der Waals surface area (Å²) in [5.41, 5.74) is 1.97. The monoisotopic (exact) mass is 530 g/mol. The van der Waals surface area contributed by atoms with Gasteiger partial charge in [-0.3, -0.25) is 9.59 Å². The fourth-order valence-electron chi connectivity index (χ4n) is 4.18. The van der Waals surface area contributed by atoms with Crippen LogP contribution in [0.3, 0.4) is 0 Å². The van der Waals surface area contributed by atoms with Crippen LogP contribution in [-0.4, -0.2) is 49.6 Å². The minimum atomic E-state index is -0.919. The number of carbonyl (C=O) groups is 2. The van der Waals surface area contributed by atoms with E-state index in [1.165, 1.54) is 9.70 Å². The predicted octanol–water partition coefficient (Wildman–Crippen LogP) is 4.24. The van der Waals surface area contributed by atoms with Crippen molar-refractivity contribution in [3.05, 3.63) is 83.1 Å². The number of nitrogens with zero attached hydrogens (tertiary/aromatic N) is 5. The van der Waals surface area contributed by atoms with Gasteiger partial charge in [0, 0.05) is 11.1 Å². The molecule has 0 aliphatic carbocycles. The van der Waals surface area contributed by atoms with Gasteiger partial charge in [-0.1, -0.05) is 48.0 Å². The van der Waals surface area contributed by atoms with E-state index >= 15 is 0 Å². The number of rotatable bonds is 9. The third-order valence-electron chi connectivity index (χ3n) is 6.00. The Morgan fingerprint density at radius 2 is 1.77 bits per heavy atom. The zero-order chi connectivity index (χ0) is 28.2. The van der Waals surface area contributed by atoms with E-state index in [0.717, 1.165) is 11.1 Å². The highest BCUT2D eigenvalue weighted by atomic mass is 16.5. The van der Waals surface area contributed by atoms with E-state index in [1.807, 2.05) is 83.1 Å². The van der Waals surface area contributed by atoms with E-state index in [4.69, 9.17) is 9.15 Å². The molecule has 2 amide bonds. The molecule has 0 bridgehead atoms. The lowest BCUT2D eigenvalue weighted by atomic mass is 9.99. The van der Waals surface area contributed by atoms with Crippen molar-refractivity contribution in [3.8, 4) is 17.3 Å². The second kappa shape index (κ2) is 11.5. The van der Waals surface area contributed by atoms with Crippen LogP contribution >= 0.6 is 0 Å². The van der Waals surface area contributed by atoms with Gasteiger partial charge < -0.3 is 19.4 Å². The molecule has 2 aromatic carbocycles. The van der Waals surface area contributed by atoms with Gasteiger partial charge in [0.2, 0.25) is 17.6 Å². The van der Waals surface area contributed by atoms with Crippen molar-refractivity contribution in [1.29, 1.82) is 0 Å². The molecule has 39 heavy (non-hydrogen) atoms. The Hall–Kier alpha value is -4.47. The highest BCUT2D eigenvalue weighted by Crippen LogP contribution is 2.28. The SMILES string of the molecule is COc1ccccc1CN(C(=O)Cn1nnc(-c2ccc(C)o2)n1)[C@@H](C(=O)NC(C)(C)C)c1ccc(C)cc1. The van der Waals surface area contributed by atoms with E-state index in [-0.39, 0.29) is 30.7 Å². The maximum absolute atomic E-state index is 14.0. The molecule has 204 valence electrons. The third kappa shape index (κ3) is 6.90. The molecule has 1 N–H and O–H groups in total. The number of benzene rings is 2. The minimum absolute atomic E-state index is 0.123. The Morgan fingerprint density at radius 1 is 1.05 bits per heavy atom. The summed E-state index contributed by atoms with van der Waals surface area (Å²) in [5, 5.41) is 15.5.